The van der Waals surface area contributed by atoms with Crippen LogP contribution in [0.25, 0.3) is 0 Å². The number of aryl methyl sites for hydroxylation is 1. The van der Waals surface area contributed by atoms with Gasteiger partial charge in [-0.25, -0.2) is 0 Å². The Labute approximate surface area is 101 Å². The Hall–Kier alpha value is -0.670. The Balaban J connectivity index is 2.68. The van der Waals surface area contributed by atoms with Crippen LogP contribution in [0, 0.1) is 12.8 Å². The Kier molecular flexibility index (Phi) is 5.16. The lowest BCUT2D eigenvalue weighted by Gasteiger charge is -2.19. The molecule has 0 aliphatic rings. The van der Waals surface area contributed by atoms with E-state index in [1.54, 1.807) is 0 Å². The molecule has 3 heteroatoms. The Bertz CT molecular complexity index is 345. The molecule has 90 valence electrons. The van der Waals surface area contributed by atoms with Gasteiger partial charge in [0.05, 0.1) is 10.8 Å². The predicted octanol–water partition coefficient (Wildman–Crippen LogP) is 2.35. The van der Waals surface area contributed by atoms with Crippen LogP contribution in [0.1, 0.15) is 19.4 Å². The van der Waals surface area contributed by atoms with Gasteiger partial charge in [0.25, 0.3) is 0 Å². The fraction of sp³-hybridized carbons (Fsp3) is 0.538. The second-order valence-electron chi connectivity index (χ2n) is 4.46. The van der Waals surface area contributed by atoms with E-state index >= 15 is 0 Å². The summed E-state index contributed by atoms with van der Waals surface area (Å²) < 4.78 is 12.1. The van der Waals surface area contributed by atoms with Gasteiger partial charge < -0.3 is 5.32 Å². The number of nitrogens with one attached hydrogen (secondary N) is 1. The summed E-state index contributed by atoms with van der Waals surface area (Å²) in [6.07, 6.45) is 0. The second kappa shape index (κ2) is 6.16. The molecular formula is C13H21NOS. The lowest BCUT2D eigenvalue weighted by Crippen LogP contribution is -2.35. The molecule has 0 saturated heterocycles. The molecule has 0 aromatic heterocycles. The van der Waals surface area contributed by atoms with Gasteiger partial charge in [-0.05, 0) is 32.0 Å². The number of rotatable bonds is 5. The lowest BCUT2D eigenvalue weighted by molar-refractivity contribution is 0.461. The maximum atomic E-state index is 12.1. The highest BCUT2D eigenvalue weighted by atomic mass is 32.2. The highest BCUT2D eigenvalue weighted by Crippen LogP contribution is 2.11. The van der Waals surface area contributed by atoms with Crippen molar-refractivity contribution in [3.8, 4) is 0 Å². The summed E-state index contributed by atoms with van der Waals surface area (Å²) in [5, 5.41) is 3.22. The first-order valence-corrected chi connectivity index (χ1v) is 6.98. The van der Waals surface area contributed by atoms with Crippen LogP contribution in [-0.4, -0.2) is 23.1 Å². The van der Waals surface area contributed by atoms with E-state index in [1.807, 2.05) is 38.2 Å². The Morgan fingerprint density at radius 2 is 1.81 bits per heavy atom. The summed E-state index contributed by atoms with van der Waals surface area (Å²) in [5.41, 5.74) is 1.20. The molecule has 0 heterocycles. The Morgan fingerprint density at radius 1 is 1.25 bits per heavy atom. The van der Waals surface area contributed by atoms with E-state index in [0.717, 1.165) is 4.90 Å². The van der Waals surface area contributed by atoms with Gasteiger partial charge in [-0.2, -0.15) is 0 Å². The van der Waals surface area contributed by atoms with E-state index in [4.69, 9.17) is 0 Å². The van der Waals surface area contributed by atoms with Gasteiger partial charge in [-0.1, -0.05) is 31.5 Å². The molecule has 1 rings (SSSR count). The topological polar surface area (TPSA) is 29.1 Å². The minimum absolute atomic E-state index is 0.308. The molecule has 0 spiro atoms. The summed E-state index contributed by atoms with van der Waals surface area (Å²) >= 11 is 0. The van der Waals surface area contributed by atoms with Crippen LogP contribution < -0.4 is 5.32 Å². The van der Waals surface area contributed by atoms with Crippen LogP contribution in [0.5, 0.6) is 0 Å². The second-order valence-corrected chi connectivity index (χ2v) is 5.96. The molecule has 1 aromatic rings. The highest BCUT2D eigenvalue weighted by molar-refractivity contribution is 7.85. The smallest absolute Gasteiger partial charge is 0.0545 e. The number of benzene rings is 1. The van der Waals surface area contributed by atoms with Crippen LogP contribution in [-0.2, 0) is 10.8 Å². The third kappa shape index (κ3) is 3.72. The van der Waals surface area contributed by atoms with Gasteiger partial charge in [0, 0.05) is 16.7 Å². The van der Waals surface area contributed by atoms with Crippen LogP contribution in [0.3, 0.4) is 0 Å². The van der Waals surface area contributed by atoms with Gasteiger partial charge in [0.1, 0.15) is 0 Å². The van der Waals surface area contributed by atoms with E-state index < -0.39 is 10.8 Å². The van der Waals surface area contributed by atoms with Crippen molar-refractivity contribution in [2.24, 2.45) is 5.92 Å². The van der Waals surface area contributed by atoms with Crippen molar-refractivity contribution in [3.05, 3.63) is 29.8 Å². The van der Waals surface area contributed by atoms with Crippen LogP contribution in [0.4, 0.5) is 0 Å². The van der Waals surface area contributed by atoms with Crippen molar-refractivity contribution >= 4 is 10.8 Å². The maximum absolute atomic E-state index is 12.1. The zero-order valence-electron chi connectivity index (χ0n) is 10.5. The van der Waals surface area contributed by atoms with E-state index in [0.29, 0.717) is 17.7 Å². The highest BCUT2D eigenvalue weighted by Gasteiger charge is 2.15. The van der Waals surface area contributed by atoms with Crippen LogP contribution in [0.15, 0.2) is 29.2 Å². The van der Waals surface area contributed by atoms with Gasteiger partial charge in [-0.3, -0.25) is 4.21 Å². The molecule has 1 N–H and O–H groups in total. The molecule has 0 aliphatic carbocycles. The molecule has 0 radical (unpaired) electrons. The van der Waals surface area contributed by atoms with E-state index in [1.165, 1.54) is 5.56 Å². The normalized spacial score (nSPS) is 15.1. The van der Waals surface area contributed by atoms with Crippen LogP contribution in [0.2, 0.25) is 0 Å². The molecule has 2 unspecified atom stereocenters. The molecule has 0 bridgehead atoms. The largest absolute Gasteiger partial charge is 0.316 e. The summed E-state index contributed by atoms with van der Waals surface area (Å²) in [5.74, 6) is 1.18. The number of hydrogen-bond acceptors (Lipinski definition) is 2. The van der Waals surface area contributed by atoms with Crippen molar-refractivity contribution in [1.82, 2.24) is 5.32 Å². The first-order valence-electron chi connectivity index (χ1n) is 5.67. The fourth-order valence-corrected chi connectivity index (χ4v) is 3.07. The number of hydrogen-bond donors (Lipinski definition) is 1. The van der Waals surface area contributed by atoms with Crippen molar-refractivity contribution in [2.75, 3.05) is 12.8 Å². The predicted molar refractivity (Wildman–Crippen MR) is 70.1 cm³/mol. The summed E-state index contributed by atoms with van der Waals surface area (Å²) in [4.78, 5) is 0.923. The van der Waals surface area contributed by atoms with Crippen molar-refractivity contribution < 1.29 is 4.21 Å². The average molecular weight is 239 g/mol. The minimum atomic E-state index is -0.905. The zero-order chi connectivity index (χ0) is 12.1. The van der Waals surface area contributed by atoms with Crippen molar-refractivity contribution in [1.29, 1.82) is 0 Å². The standard InChI is InChI=1S/C13H21NOS/c1-10(2)13(14-4)9-16(15)12-7-5-11(3)6-8-12/h5-8,10,13-14H,9H2,1-4H3. The minimum Gasteiger partial charge on any atom is -0.316 e. The van der Waals surface area contributed by atoms with E-state index in [2.05, 4.69) is 19.2 Å². The molecule has 0 aliphatic heterocycles. The average Bonchev–Trinajstić information content (AvgIpc) is 2.26. The van der Waals surface area contributed by atoms with Crippen molar-refractivity contribution in [2.45, 2.75) is 31.7 Å². The lowest BCUT2D eigenvalue weighted by atomic mass is 10.1. The molecule has 0 saturated carbocycles. The third-order valence-electron chi connectivity index (χ3n) is 2.79. The first kappa shape index (κ1) is 13.4. The quantitative estimate of drug-likeness (QED) is 0.854. The van der Waals surface area contributed by atoms with Gasteiger partial charge in [-0.15, -0.1) is 0 Å². The van der Waals surface area contributed by atoms with Crippen molar-refractivity contribution in [3.63, 3.8) is 0 Å². The fourth-order valence-electron chi connectivity index (χ4n) is 1.56. The molecule has 2 nitrogen and oxygen atoms in total. The van der Waals surface area contributed by atoms with Gasteiger partial charge >= 0.3 is 0 Å². The van der Waals surface area contributed by atoms with E-state index in [9.17, 15) is 4.21 Å². The SMILES string of the molecule is CNC(CS(=O)c1ccc(C)cc1)C(C)C. The molecule has 0 fully saturated rings. The molecule has 0 amide bonds. The third-order valence-corrected chi connectivity index (χ3v) is 4.25. The summed E-state index contributed by atoms with van der Waals surface area (Å²) in [6, 6.07) is 8.24. The summed E-state index contributed by atoms with van der Waals surface area (Å²) in [7, 11) is 1.02. The molecule has 16 heavy (non-hydrogen) atoms. The zero-order valence-corrected chi connectivity index (χ0v) is 11.3. The monoisotopic (exact) mass is 239 g/mol. The summed E-state index contributed by atoms with van der Waals surface area (Å²) in [6.45, 7) is 6.33. The Morgan fingerprint density at radius 3 is 2.25 bits per heavy atom. The first-order chi connectivity index (χ1) is 7.54. The van der Waals surface area contributed by atoms with Crippen LogP contribution >= 0.6 is 0 Å². The van der Waals surface area contributed by atoms with E-state index in [-0.39, 0.29) is 0 Å². The maximum Gasteiger partial charge on any atom is 0.0545 e. The van der Waals surface area contributed by atoms with Gasteiger partial charge in [0.15, 0.2) is 0 Å². The molecular weight excluding hydrogens is 218 g/mol. The molecule has 2 atom stereocenters. The molecule has 1 aromatic carbocycles. The van der Waals surface area contributed by atoms with Gasteiger partial charge in [0.2, 0.25) is 0 Å².